The lowest BCUT2D eigenvalue weighted by Gasteiger charge is -2.20. The van der Waals surface area contributed by atoms with Crippen molar-refractivity contribution in [2.75, 3.05) is 0 Å². The molecule has 0 fully saturated rings. The third kappa shape index (κ3) is 2.92. The van der Waals surface area contributed by atoms with E-state index in [1.54, 1.807) is 6.92 Å². The molecule has 0 amide bonds. The standard InChI is InChI=1S/C7H12O2S/c1-5(10)7(2,3)4-6(8)9/h4H2,1-3H3,(H,8,9). The molecule has 0 bridgehead atoms. The molecule has 0 spiro atoms. The SMILES string of the molecule is CC(=S)C(C)(C)CC(=O)O. The van der Waals surface area contributed by atoms with E-state index in [0.717, 1.165) is 4.86 Å². The van der Waals surface area contributed by atoms with E-state index in [1.165, 1.54) is 0 Å². The first kappa shape index (κ1) is 9.56. The number of carboxylic acid groups (broad SMARTS) is 1. The van der Waals surface area contributed by atoms with Crippen molar-refractivity contribution in [1.29, 1.82) is 0 Å². The first-order valence-electron chi connectivity index (χ1n) is 3.09. The maximum atomic E-state index is 10.3. The molecular weight excluding hydrogens is 148 g/mol. The molecule has 0 aromatic rings. The average Bonchev–Trinajstić information content (AvgIpc) is 1.60. The molecule has 0 rings (SSSR count). The van der Waals surface area contributed by atoms with Gasteiger partial charge in [-0.1, -0.05) is 26.1 Å². The van der Waals surface area contributed by atoms with Crippen LogP contribution in [0.3, 0.4) is 0 Å². The second kappa shape index (κ2) is 3.10. The van der Waals surface area contributed by atoms with Crippen LogP contribution in [0.4, 0.5) is 0 Å². The highest BCUT2D eigenvalue weighted by Crippen LogP contribution is 2.22. The molecular formula is C7H12O2S. The molecule has 0 aliphatic rings. The Morgan fingerprint density at radius 2 is 2.00 bits per heavy atom. The summed E-state index contributed by atoms with van der Waals surface area (Å²) in [5.74, 6) is -0.797. The Balaban J connectivity index is 4.13. The highest BCUT2D eigenvalue weighted by molar-refractivity contribution is 7.80. The number of thiocarbonyl (C=S) groups is 1. The van der Waals surface area contributed by atoms with Crippen LogP contribution in [-0.4, -0.2) is 15.9 Å². The Hall–Kier alpha value is -0.440. The van der Waals surface area contributed by atoms with Crippen molar-refractivity contribution < 1.29 is 9.90 Å². The van der Waals surface area contributed by atoms with E-state index in [9.17, 15) is 4.79 Å². The summed E-state index contributed by atoms with van der Waals surface area (Å²) in [5.41, 5.74) is -0.346. The molecule has 2 nitrogen and oxygen atoms in total. The van der Waals surface area contributed by atoms with E-state index in [-0.39, 0.29) is 11.8 Å². The summed E-state index contributed by atoms with van der Waals surface area (Å²) < 4.78 is 0. The fourth-order valence-corrected chi connectivity index (χ4v) is 0.575. The van der Waals surface area contributed by atoms with Crippen LogP contribution in [0.15, 0.2) is 0 Å². The molecule has 58 valence electrons. The van der Waals surface area contributed by atoms with E-state index in [4.69, 9.17) is 17.3 Å². The monoisotopic (exact) mass is 160 g/mol. The number of hydrogen-bond donors (Lipinski definition) is 1. The van der Waals surface area contributed by atoms with Gasteiger partial charge in [0.1, 0.15) is 0 Å². The van der Waals surface area contributed by atoms with Crippen LogP contribution >= 0.6 is 12.2 Å². The van der Waals surface area contributed by atoms with Gasteiger partial charge in [-0.15, -0.1) is 0 Å². The molecule has 1 N–H and O–H groups in total. The second-order valence-corrected chi connectivity index (χ2v) is 3.62. The van der Waals surface area contributed by atoms with Crippen LogP contribution in [0.1, 0.15) is 27.2 Å². The smallest absolute Gasteiger partial charge is 0.304 e. The molecule has 3 heteroatoms. The normalized spacial score (nSPS) is 11.1. The van der Waals surface area contributed by atoms with Crippen molar-refractivity contribution in [2.24, 2.45) is 5.41 Å². The lowest BCUT2D eigenvalue weighted by molar-refractivity contribution is -0.138. The number of carbonyl (C=O) groups is 1. The van der Waals surface area contributed by atoms with Crippen molar-refractivity contribution in [3.63, 3.8) is 0 Å². The zero-order valence-corrected chi connectivity index (χ0v) is 7.29. The van der Waals surface area contributed by atoms with Crippen LogP contribution < -0.4 is 0 Å². The third-order valence-electron chi connectivity index (χ3n) is 1.55. The van der Waals surface area contributed by atoms with E-state index in [0.29, 0.717) is 0 Å². The summed E-state index contributed by atoms with van der Waals surface area (Å²) in [5, 5.41) is 8.44. The summed E-state index contributed by atoms with van der Waals surface area (Å²) in [6, 6.07) is 0. The third-order valence-corrected chi connectivity index (χ3v) is 2.10. The van der Waals surface area contributed by atoms with Crippen LogP contribution in [0.25, 0.3) is 0 Å². The van der Waals surface area contributed by atoms with Gasteiger partial charge in [0, 0.05) is 5.41 Å². The molecule has 0 saturated carbocycles. The Morgan fingerprint density at radius 1 is 1.60 bits per heavy atom. The molecule has 0 heterocycles. The van der Waals surface area contributed by atoms with Crippen LogP contribution in [0.2, 0.25) is 0 Å². The number of carboxylic acids is 1. The predicted octanol–water partition coefficient (Wildman–Crippen LogP) is 1.88. The topological polar surface area (TPSA) is 37.3 Å². The lowest BCUT2D eigenvalue weighted by atomic mass is 9.86. The molecule has 10 heavy (non-hydrogen) atoms. The second-order valence-electron chi connectivity index (χ2n) is 3.01. The van der Waals surface area contributed by atoms with Gasteiger partial charge >= 0.3 is 5.97 Å². The fourth-order valence-electron chi connectivity index (χ4n) is 0.503. The Kier molecular flexibility index (Phi) is 2.96. The largest absolute Gasteiger partial charge is 0.481 e. The summed E-state index contributed by atoms with van der Waals surface area (Å²) in [4.78, 5) is 11.0. The minimum Gasteiger partial charge on any atom is -0.481 e. The minimum absolute atomic E-state index is 0.113. The van der Waals surface area contributed by atoms with E-state index >= 15 is 0 Å². The van der Waals surface area contributed by atoms with Gasteiger partial charge in [-0.2, -0.15) is 0 Å². The van der Waals surface area contributed by atoms with E-state index in [2.05, 4.69) is 0 Å². The Bertz CT molecular complexity index is 161. The maximum absolute atomic E-state index is 10.3. The molecule has 0 atom stereocenters. The molecule has 0 aliphatic heterocycles. The zero-order valence-electron chi connectivity index (χ0n) is 6.47. The quantitative estimate of drug-likeness (QED) is 0.640. The van der Waals surface area contributed by atoms with E-state index in [1.807, 2.05) is 13.8 Å². The van der Waals surface area contributed by atoms with Gasteiger partial charge in [-0.25, -0.2) is 0 Å². The highest BCUT2D eigenvalue weighted by atomic mass is 32.1. The van der Waals surface area contributed by atoms with Gasteiger partial charge < -0.3 is 5.11 Å². The summed E-state index contributed by atoms with van der Waals surface area (Å²) in [7, 11) is 0. The van der Waals surface area contributed by atoms with Gasteiger partial charge in [-0.3, -0.25) is 4.79 Å². The number of rotatable bonds is 3. The molecule has 0 radical (unpaired) electrons. The van der Waals surface area contributed by atoms with Crippen molar-refractivity contribution in [2.45, 2.75) is 27.2 Å². The summed E-state index contributed by atoms with van der Waals surface area (Å²) in [6.07, 6.45) is 0.113. The Labute approximate surface area is 66.2 Å². The van der Waals surface area contributed by atoms with Crippen LogP contribution in [-0.2, 0) is 4.79 Å². The molecule has 0 saturated heterocycles. The number of aliphatic carboxylic acids is 1. The van der Waals surface area contributed by atoms with E-state index < -0.39 is 5.97 Å². The summed E-state index contributed by atoms with van der Waals surface area (Å²) >= 11 is 4.89. The van der Waals surface area contributed by atoms with Crippen LogP contribution in [0, 0.1) is 5.41 Å². The van der Waals surface area contributed by atoms with Gasteiger partial charge in [0.2, 0.25) is 0 Å². The minimum atomic E-state index is -0.797. The molecule has 0 unspecified atom stereocenters. The molecule has 0 aliphatic carbocycles. The Morgan fingerprint density at radius 3 is 2.10 bits per heavy atom. The van der Waals surface area contributed by atoms with Gasteiger partial charge in [-0.05, 0) is 11.8 Å². The first-order chi connectivity index (χ1) is 4.36. The summed E-state index contributed by atoms with van der Waals surface area (Å²) in [6.45, 7) is 5.45. The lowest BCUT2D eigenvalue weighted by Crippen LogP contribution is -2.23. The zero-order chi connectivity index (χ0) is 8.36. The van der Waals surface area contributed by atoms with Crippen LogP contribution in [0.5, 0.6) is 0 Å². The number of hydrogen-bond acceptors (Lipinski definition) is 2. The highest BCUT2D eigenvalue weighted by Gasteiger charge is 2.23. The molecule has 0 aromatic heterocycles. The molecule has 0 aromatic carbocycles. The van der Waals surface area contributed by atoms with Crippen molar-refractivity contribution in [3.05, 3.63) is 0 Å². The first-order valence-corrected chi connectivity index (χ1v) is 3.50. The van der Waals surface area contributed by atoms with Gasteiger partial charge in [0.25, 0.3) is 0 Å². The van der Waals surface area contributed by atoms with Crippen molar-refractivity contribution in [1.82, 2.24) is 0 Å². The predicted molar refractivity (Wildman–Crippen MR) is 44.3 cm³/mol. The van der Waals surface area contributed by atoms with Gasteiger partial charge in [0.05, 0.1) is 6.42 Å². The maximum Gasteiger partial charge on any atom is 0.304 e. The van der Waals surface area contributed by atoms with Crippen molar-refractivity contribution in [3.8, 4) is 0 Å². The van der Waals surface area contributed by atoms with Crippen molar-refractivity contribution >= 4 is 23.1 Å². The fraction of sp³-hybridized carbons (Fsp3) is 0.714. The average molecular weight is 160 g/mol. The van der Waals surface area contributed by atoms with Gasteiger partial charge in [0.15, 0.2) is 0 Å².